The molecule has 3 N–H and O–H groups in total. The molecule has 1 heterocycles. The van der Waals surface area contributed by atoms with Crippen molar-refractivity contribution >= 4 is 46.6 Å². The van der Waals surface area contributed by atoms with E-state index in [1.807, 2.05) is 31.1 Å². The zero-order valence-corrected chi connectivity index (χ0v) is 21.7. The molecule has 1 amide bonds. The van der Waals surface area contributed by atoms with E-state index >= 15 is 0 Å². The molecular weight excluding hydrogens is 440 g/mol. The molecule has 3 aromatic rings. The number of nitrogens with one attached hydrogen (secondary N) is 1. The van der Waals surface area contributed by atoms with Gasteiger partial charge in [-0.2, -0.15) is 4.98 Å². The van der Waals surface area contributed by atoms with Gasteiger partial charge in [-0.05, 0) is 75.5 Å². The summed E-state index contributed by atoms with van der Waals surface area (Å²) in [6, 6.07) is 11.4. The smallest absolute Gasteiger partial charge is 0.229 e. The van der Waals surface area contributed by atoms with Crippen LogP contribution >= 0.6 is 0 Å². The topological polar surface area (TPSA) is 93.9 Å². The predicted molar refractivity (Wildman–Crippen MR) is 146 cm³/mol. The van der Waals surface area contributed by atoms with Crippen molar-refractivity contribution in [1.82, 2.24) is 14.9 Å². The number of anilines is 7. The predicted octanol–water partition coefficient (Wildman–Crippen LogP) is 3.78. The maximum Gasteiger partial charge on any atom is 0.229 e. The van der Waals surface area contributed by atoms with Gasteiger partial charge in [-0.25, -0.2) is 4.98 Å². The third kappa shape index (κ3) is 6.19. The molecule has 0 aliphatic rings. The lowest BCUT2D eigenvalue weighted by atomic mass is 10.1. The lowest BCUT2D eigenvalue weighted by Crippen LogP contribution is -2.29. The molecule has 0 aliphatic heterocycles. The maximum atomic E-state index is 12.1. The van der Waals surface area contributed by atoms with Crippen molar-refractivity contribution in [1.29, 1.82) is 0 Å². The van der Waals surface area contributed by atoms with Gasteiger partial charge in [-0.15, -0.1) is 0 Å². The first-order valence-electron chi connectivity index (χ1n) is 11.5. The molecule has 9 heteroatoms. The number of aryl methyl sites for hydroxylation is 2. The molecule has 2 aromatic carbocycles. The van der Waals surface area contributed by atoms with Crippen molar-refractivity contribution < 1.29 is 4.79 Å². The van der Waals surface area contributed by atoms with E-state index in [1.54, 1.807) is 18.3 Å². The average molecular weight is 477 g/mol. The number of benzene rings is 2. The summed E-state index contributed by atoms with van der Waals surface area (Å²) < 4.78 is 0. The van der Waals surface area contributed by atoms with Crippen LogP contribution in [0.1, 0.15) is 11.1 Å². The minimum absolute atomic E-state index is 0.410. The first kappa shape index (κ1) is 25.8. The second-order valence-electron chi connectivity index (χ2n) is 9.16. The first-order chi connectivity index (χ1) is 16.6. The number of carbonyl (C=O) groups excluding carboxylic acids is 1. The highest BCUT2D eigenvalue weighted by Crippen LogP contribution is 2.34. The van der Waals surface area contributed by atoms with Gasteiger partial charge < -0.3 is 25.8 Å². The van der Waals surface area contributed by atoms with Gasteiger partial charge in [0.15, 0.2) is 0 Å². The number of aromatic nitrogens is 2. The summed E-state index contributed by atoms with van der Waals surface area (Å²) in [4.78, 5) is 29.0. The molecule has 0 saturated heterocycles. The van der Waals surface area contributed by atoms with E-state index in [0.717, 1.165) is 42.0 Å². The number of carbonyl (C=O) groups is 1. The number of rotatable bonds is 10. The van der Waals surface area contributed by atoms with E-state index in [1.165, 1.54) is 10.6 Å². The molecule has 0 fully saturated rings. The second kappa shape index (κ2) is 11.1. The molecule has 1 aromatic heterocycles. The van der Waals surface area contributed by atoms with Crippen molar-refractivity contribution in [2.24, 2.45) is 0 Å². The minimum atomic E-state index is 0.410. The Bertz CT molecular complexity index is 1180. The van der Waals surface area contributed by atoms with Gasteiger partial charge in [0.2, 0.25) is 12.4 Å². The number of amides is 1. The van der Waals surface area contributed by atoms with E-state index in [9.17, 15) is 4.79 Å². The average Bonchev–Trinajstić information content (AvgIpc) is 2.81. The molecule has 35 heavy (non-hydrogen) atoms. The summed E-state index contributed by atoms with van der Waals surface area (Å²) in [5.74, 6) is 0.868. The van der Waals surface area contributed by atoms with E-state index in [-0.39, 0.29) is 0 Å². The number of likely N-dealkylation sites (N-methyl/N-ethyl adjacent to an activating group) is 2. The highest BCUT2D eigenvalue weighted by Gasteiger charge is 2.17. The summed E-state index contributed by atoms with van der Waals surface area (Å²) in [7, 11) is 10.1. The van der Waals surface area contributed by atoms with Crippen molar-refractivity contribution in [2.75, 3.05) is 74.1 Å². The third-order valence-electron chi connectivity index (χ3n) is 5.82. The monoisotopic (exact) mass is 476 g/mol. The largest absolute Gasteiger partial charge is 0.399 e. The highest BCUT2D eigenvalue weighted by molar-refractivity contribution is 5.92. The Kier molecular flexibility index (Phi) is 8.14. The Morgan fingerprint density at radius 1 is 0.914 bits per heavy atom. The zero-order valence-electron chi connectivity index (χ0n) is 21.7. The summed E-state index contributed by atoms with van der Waals surface area (Å²) in [5.41, 5.74) is 12.4. The fourth-order valence-corrected chi connectivity index (χ4v) is 3.82. The Morgan fingerprint density at radius 2 is 1.66 bits per heavy atom. The summed E-state index contributed by atoms with van der Waals surface area (Å²) in [6.07, 6.45) is 2.39. The quantitative estimate of drug-likeness (QED) is 0.337. The standard InChI is InChI=1S/C26H36N8O/c1-18-15-23(33(7)13-12-31(3)4)19(2)14-21(18)29-26-28-11-10-25(30-26)34(17-35)22-9-8-20(27)16-24(22)32(5)6/h8-11,14-17H,12-13,27H2,1-7H3,(H,28,29,30). The fraction of sp³-hybridized carbons (Fsp3) is 0.346. The lowest BCUT2D eigenvalue weighted by Gasteiger charge is -2.25. The van der Waals surface area contributed by atoms with Crippen LogP contribution in [0, 0.1) is 13.8 Å². The SMILES string of the molecule is Cc1cc(N(C)CCN(C)C)c(C)cc1Nc1nccc(N(C=O)c2ccc(N)cc2N(C)C)n1. The maximum absolute atomic E-state index is 12.1. The van der Waals surface area contributed by atoms with Gasteiger partial charge >= 0.3 is 0 Å². The van der Waals surface area contributed by atoms with Crippen molar-refractivity contribution in [2.45, 2.75) is 13.8 Å². The fourth-order valence-electron chi connectivity index (χ4n) is 3.82. The number of nitrogen functional groups attached to an aromatic ring is 1. The van der Waals surface area contributed by atoms with Crippen molar-refractivity contribution in [3.8, 4) is 0 Å². The Hall–Kier alpha value is -3.85. The molecule has 9 nitrogen and oxygen atoms in total. The van der Waals surface area contributed by atoms with E-state index < -0.39 is 0 Å². The Labute approximate surface area is 208 Å². The second-order valence-corrected chi connectivity index (χ2v) is 9.16. The van der Waals surface area contributed by atoms with Crippen LogP contribution < -0.4 is 25.8 Å². The molecule has 0 saturated carbocycles. The normalized spacial score (nSPS) is 10.9. The van der Waals surface area contributed by atoms with Crippen LogP contribution in [0.4, 0.5) is 40.2 Å². The molecular formula is C26H36N8O. The Balaban J connectivity index is 1.88. The van der Waals surface area contributed by atoms with Crippen LogP contribution in [0.15, 0.2) is 42.6 Å². The number of hydrogen-bond acceptors (Lipinski definition) is 8. The van der Waals surface area contributed by atoms with E-state index in [4.69, 9.17) is 5.73 Å². The van der Waals surface area contributed by atoms with Crippen LogP contribution in [-0.4, -0.2) is 69.6 Å². The molecule has 0 spiro atoms. The molecule has 0 atom stereocenters. The van der Waals surface area contributed by atoms with Crippen LogP contribution in [0.25, 0.3) is 0 Å². The minimum Gasteiger partial charge on any atom is -0.399 e. The van der Waals surface area contributed by atoms with E-state index in [2.05, 4.69) is 72.2 Å². The lowest BCUT2D eigenvalue weighted by molar-refractivity contribution is -0.106. The van der Waals surface area contributed by atoms with Gasteiger partial charge in [0.25, 0.3) is 0 Å². The molecule has 0 radical (unpaired) electrons. The molecule has 0 bridgehead atoms. The summed E-state index contributed by atoms with van der Waals surface area (Å²) in [6.45, 7) is 6.07. The van der Waals surface area contributed by atoms with Gasteiger partial charge in [-0.3, -0.25) is 9.69 Å². The molecule has 3 rings (SSSR count). The molecule has 0 aliphatic carbocycles. The third-order valence-corrected chi connectivity index (χ3v) is 5.82. The summed E-state index contributed by atoms with van der Waals surface area (Å²) >= 11 is 0. The Morgan fingerprint density at radius 3 is 2.31 bits per heavy atom. The van der Waals surface area contributed by atoms with Crippen molar-refractivity contribution in [3.63, 3.8) is 0 Å². The first-order valence-corrected chi connectivity index (χ1v) is 11.5. The van der Waals surface area contributed by atoms with E-state index in [0.29, 0.717) is 23.1 Å². The number of nitrogens with zero attached hydrogens (tertiary/aromatic N) is 6. The van der Waals surface area contributed by atoms with Crippen LogP contribution in [-0.2, 0) is 4.79 Å². The van der Waals surface area contributed by atoms with Gasteiger partial charge in [0, 0.05) is 57.5 Å². The number of nitrogens with two attached hydrogens (primary N) is 1. The zero-order chi connectivity index (χ0) is 25.7. The van der Waals surface area contributed by atoms with Gasteiger partial charge in [-0.1, -0.05) is 0 Å². The van der Waals surface area contributed by atoms with Gasteiger partial charge in [0.1, 0.15) is 5.82 Å². The van der Waals surface area contributed by atoms with Crippen LogP contribution in [0.2, 0.25) is 0 Å². The van der Waals surface area contributed by atoms with Crippen LogP contribution in [0.5, 0.6) is 0 Å². The van der Waals surface area contributed by atoms with Crippen LogP contribution in [0.3, 0.4) is 0 Å². The number of hydrogen-bond donors (Lipinski definition) is 2. The molecule has 186 valence electrons. The molecule has 0 unspecified atom stereocenters. The van der Waals surface area contributed by atoms with Gasteiger partial charge in [0.05, 0.1) is 11.4 Å². The van der Waals surface area contributed by atoms with Crippen molar-refractivity contribution in [3.05, 3.63) is 53.7 Å². The summed E-state index contributed by atoms with van der Waals surface area (Å²) in [5, 5.41) is 3.32. The highest BCUT2D eigenvalue weighted by atomic mass is 16.1.